The van der Waals surface area contributed by atoms with Crippen LogP contribution in [0.25, 0.3) is 15.2 Å². The number of aryl methyl sites for hydroxylation is 1. The highest BCUT2D eigenvalue weighted by Gasteiger charge is 2.14. The van der Waals surface area contributed by atoms with Crippen LogP contribution >= 0.6 is 23.1 Å². The molecular weight excluding hydrogens is 306 g/mol. The van der Waals surface area contributed by atoms with Gasteiger partial charge in [-0.05, 0) is 12.1 Å². The van der Waals surface area contributed by atoms with Crippen LogP contribution in [0, 0.1) is 0 Å². The van der Waals surface area contributed by atoms with Gasteiger partial charge < -0.3 is 4.52 Å². The maximum absolute atomic E-state index is 5.20. The zero-order chi connectivity index (χ0) is 14.2. The van der Waals surface area contributed by atoms with Gasteiger partial charge >= 0.3 is 0 Å². The van der Waals surface area contributed by atoms with E-state index in [9.17, 15) is 0 Å². The summed E-state index contributed by atoms with van der Waals surface area (Å²) in [7, 11) is 0. The van der Waals surface area contributed by atoms with E-state index in [1.807, 2.05) is 19.1 Å². The van der Waals surface area contributed by atoms with E-state index in [2.05, 4.69) is 36.9 Å². The van der Waals surface area contributed by atoms with Gasteiger partial charge in [0.1, 0.15) is 0 Å². The van der Waals surface area contributed by atoms with E-state index >= 15 is 0 Å². The van der Waals surface area contributed by atoms with Gasteiger partial charge in [-0.25, -0.2) is 0 Å². The molecule has 0 spiro atoms. The second-order valence-electron chi connectivity index (χ2n) is 4.42. The van der Waals surface area contributed by atoms with Gasteiger partial charge in [0.25, 0.3) is 0 Å². The Labute approximate surface area is 128 Å². The van der Waals surface area contributed by atoms with Crippen molar-refractivity contribution in [1.29, 1.82) is 0 Å². The van der Waals surface area contributed by atoms with Crippen molar-refractivity contribution in [2.75, 3.05) is 0 Å². The molecule has 8 heteroatoms. The number of fused-ring (bicyclic) bond motifs is 3. The summed E-state index contributed by atoms with van der Waals surface area (Å²) in [5.41, 5.74) is 1.13. The molecule has 106 valence electrons. The minimum Gasteiger partial charge on any atom is -0.338 e. The van der Waals surface area contributed by atoms with Gasteiger partial charge in [0.2, 0.25) is 10.9 Å². The Bertz CT molecular complexity index is 910. The Morgan fingerprint density at radius 2 is 2.19 bits per heavy atom. The maximum Gasteiger partial charge on any atom is 0.237 e. The number of hydrogen-bond acceptors (Lipinski definition) is 7. The van der Waals surface area contributed by atoms with Crippen molar-refractivity contribution < 1.29 is 4.52 Å². The first kappa shape index (κ1) is 12.8. The summed E-state index contributed by atoms with van der Waals surface area (Å²) in [6.45, 7) is 2.00. The Balaban J connectivity index is 1.66. The molecule has 0 aliphatic heterocycles. The zero-order valence-corrected chi connectivity index (χ0v) is 12.8. The highest BCUT2D eigenvalue weighted by atomic mass is 32.2. The average molecular weight is 317 g/mol. The van der Waals surface area contributed by atoms with E-state index in [4.69, 9.17) is 4.52 Å². The first-order valence-corrected chi connectivity index (χ1v) is 8.32. The molecule has 0 amide bonds. The van der Waals surface area contributed by atoms with E-state index in [0.29, 0.717) is 11.6 Å². The van der Waals surface area contributed by atoms with Gasteiger partial charge in [-0.2, -0.15) is 4.98 Å². The van der Waals surface area contributed by atoms with Crippen LogP contribution in [0.5, 0.6) is 0 Å². The molecule has 0 aliphatic carbocycles. The highest BCUT2D eigenvalue weighted by molar-refractivity contribution is 7.98. The summed E-state index contributed by atoms with van der Waals surface area (Å²) in [6.07, 6.45) is 0.776. The molecule has 3 aromatic heterocycles. The zero-order valence-electron chi connectivity index (χ0n) is 11.2. The van der Waals surface area contributed by atoms with E-state index in [1.54, 1.807) is 23.1 Å². The topological polar surface area (TPSA) is 69.1 Å². The fourth-order valence-electron chi connectivity index (χ4n) is 2.07. The molecule has 4 rings (SSSR count). The van der Waals surface area contributed by atoms with Crippen LogP contribution in [-0.4, -0.2) is 24.7 Å². The summed E-state index contributed by atoms with van der Waals surface area (Å²) in [4.78, 5) is 5.21. The molecule has 21 heavy (non-hydrogen) atoms. The van der Waals surface area contributed by atoms with Crippen molar-refractivity contribution >= 4 is 38.3 Å². The van der Waals surface area contributed by atoms with Crippen LogP contribution in [0.3, 0.4) is 0 Å². The molecule has 0 saturated carbocycles. The Morgan fingerprint density at radius 1 is 1.29 bits per heavy atom. The molecule has 3 heterocycles. The minimum atomic E-state index is 0.595. The summed E-state index contributed by atoms with van der Waals surface area (Å²) in [5.74, 6) is 1.95. The maximum atomic E-state index is 5.20. The van der Waals surface area contributed by atoms with Gasteiger partial charge in [-0.3, -0.25) is 4.40 Å². The molecule has 4 aromatic rings. The first-order chi connectivity index (χ1) is 10.3. The lowest BCUT2D eigenvalue weighted by Gasteiger charge is -1.96. The molecule has 1 aromatic carbocycles. The number of thioether (sulfide) groups is 1. The third kappa shape index (κ3) is 2.20. The Morgan fingerprint density at radius 3 is 3.05 bits per heavy atom. The second-order valence-corrected chi connectivity index (χ2v) is 6.37. The van der Waals surface area contributed by atoms with Crippen LogP contribution < -0.4 is 0 Å². The quantitative estimate of drug-likeness (QED) is 0.538. The third-order valence-corrected chi connectivity index (χ3v) is 4.99. The summed E-state index contributed by atoms with van der Waals surface area (Å²) >= 11 is 3.19. The molecule has 6 nitrogen and oxygen atoms in total. The molecule has 0 N–H and O–H groups in total. The molecule has 0 bridgehead atoms. The minimum absolute atomic E-state index is 0.595. The molecular formula is C13H11N5OS2. The van der Waals surface area contributed by atoms with Gasteiger partial charge in [-0.1, -0.05) is 47.3 Å². The van der Waals surface area contributed by atoms with E-state index in [1.165, 1.54) is 4.70 Å². The van der Waals surface area contributed by atoms with Crippen LogP contribution in [-0.2, 0) is 12.2 Å². The predicted molar refractivity (Wildman–Crippen MR) is 81.6 cm³/mol. The first-order valence-electron chi connectivity index (χ1n) is 6.52. The Hall–Kier alpha value is -1.93. The number of aromatic nitrogens is 5. The van der Waals surface area contributed by atoms with Crippen molar-refractivity contribution in [1.82, 2.24) is 24.7 Å². The monoisotopic (exact) mass is 317 g/mol. The largest absolute Gasteiger partial charge is 0.338 e. The number of benzene rings is 1. The predicted octanol–water partition coefficient (Wildman–Crippen LogP) is 3.18. The van der Waals surface area contributed by atoms with Crippen molar-refractivity contribution in [2.45, 2.75) is 24.3 Å². The fraction of sp³-hybridized carbons (Fsp3) is 0.231. The number of thiazole rings is 1. The molecule has 0 aliphatic rings. The lowest BCUT2D eigenvalue weighted by molar-refractivity contribution is 0.385. The van der Waals surface area contributed by atoms with E-state index in [-0.39, 0.29) is 0 Å². The lowest BCUT2D eigenvalue weighted by Crippen LogP contribution is -1.88. The lowest BCUT2D eigenvalue weighted by atomic mass is 10.3. The van der Waals surface area contributed by atoms with Gasteiger partial charge in [0, 0.05) is 6.42 Å². The summed E-state index contributed by atoms with van der Waals surface area (Å²) in [6, 6.07) is 8.22. The van der Waals surface area contributed by atoms with Crippen molar-refractivity contribution in [3.05, 3.63) is 36.0 Å². The van der Waals surface area contributed by atoms with E-state index in [0.717, 1.165) is 27.9 Å². The fourth-order valence-corrected chi connectivity index (χ4v) is 3.87. The molecule has 0 radical (unpaired) electrons. The number of rotatable bonds is 4. The second kappa shape index (κ2) is 5.12. The number of para-hydroxylation sites is 1. The molecule has 0 atom stereocenters. The molecule has 0 fully saturated rings. The van der Waals surface area contributed by atoms with Crippen LogP contribution in [0.2, 0.25) is 0 Å². The SMILES string of the molecule is CCc1noc(CSc2nnc3sc4ccccc4n23)n1. The van der Waals surface area contributed by atoms with Crippen molar-refractivity contribution in [2.24, 2.45) is 0 Å². The van der Waals surface area contributed by atoms with Crippen molar-refractivity contribution in [3.8, 4) is 0 Å². The van der Waals surface area contributed by atoms with Crippen LogP contribution in [0.15, 0.2) is 33.9 Å². The average Bonchev–Trinajstić information content (AvgIpc) is 3.20. The number of hydrogen-bond donors (Lipinski definition) is 0. The highest BCUT2D eigenvalue weighted by Crippen LogP contribution is 2.30. The smallest absolute Gasteiger partial charge is 0.237 e. The van der Waals surface area contributed by atoms with E-state index < -0.39 is 0 Å². The van der Waals surface area contributed by atoms with Gasteiger partial charge in [-0.15, -0.1) is 10.2 Å². The Kier molecular flexibility index (Phi) is 3.12. The normalized spacial score (nSPS) is 11.7. The van der Waals surface area contributed by atoms with Gasteiger partial charge in [0.05, 0.1) is 16.0 Å². The summed E-state index contributed by atoms with van der Waals surface area (Å²) in [5, 5.41) is 13.2. The van der Waals surface area contributed by atoms with Crippen LogP contribution in [0.1, 0.15) is 18.6 Å². The molecule has 0 saturated heterocycles. The van der Waals surface area contributed by atoms with Crippen LogP contribution in [0.4, 0.5) is 0 Å². The standard InChI is InChI=1S/C13H11N5OS2/c1-2-10-14-11(19-17-10)7-20-12-15-16-13-18(12)8-5-3-4-6-9(8)21-13/h3-6H,2,7H2,1H3. The molecule has 0 unspecified atom stereocenters. The van der Waals surface area contributed by atoms with Gasteiger partial charge in [0.15, 0.2) is 11.0 Å². The van der Waals surface area contributed by atoms with Crippen molar-refractivity contribution in [3.63, 3.8) is 0 Å². The third-order valence-electron chi connectivity index (χ3n) is 3.06. The number of nitrogens with zero attached hydrogens (tertiary/aromatic N) is 5. The summed E-state index contributed by atoms with van der Waals surface area (Å²) < 4.78 is 8.47.